The molecule has 6 heteroatoms. The average Bonchev–Trinajstić information content (AvgIpc) is 3.16. The number of aromatic nitrogens is 3. The second-order valence-electron chi connectivity index (χ2n) is 6.84. The Bertz CT molecular complexity index is 1410. The Morgan fingerprint density at radius 1 is 0.933 bits per heavy atom. The number of ether oxygens (including phenoxy) is 1. The van der Waals surface area contributed by atoms with Crippen LogP contribution < -0.4 is 4.74 Å². The third kappa shape index (κ3) is 3.07. The zero-order valence-corrected chi connectivity index (χ0v) is 17.1. The maximum absolute atomic E-state index is 5.49. The van der Waals surface area contributed by atoms with Crippen LogP contribution in [0.15, 0.2) is 84.0 Å². The van der Waals surface area contributed by atoms with E-state index in [2.05, 4.69) is 40.5 Å². The molecule has 4 aromatic carbocycles. The SMILES string of the molecule is COc1ccccc1-c1n[nH]c(=S)n1/N=C/c1c2ccccc2cc2ccccc12. The van der Waals surface area contributed by atoms with Gasteiger partial charge in [0.15, 0.2) is 5.82 Å². The molecule has 0 amide bonds. The molecule has 0 spiro atoms. The van der Waals surface area contributed by atoms with E-state index in [1.54, 1.807) is 11.8 Å². The molecule has 0 fully saturated rings. The molecule has 0 aliphatic rings. The maximum Gasteiger partial charge on any atom is 0.216 e. The van der Waals surface area contributed by atoms with Crippen LogP contribution in [0.1, 0.15) is 5.56 Å². The van der Waals surface area contributed by atoms with E-state index in [9.17, 15) is 0 Å². The van der Waals surface area contributed by atoms with Crippen LogP contribution in [0, 0.1) is 4.77 Å². The molecule has 0 atom stereocenters. The van der Waals surface area contributed by atoms with Gasteiger partial charge in [-0.2, -0.15) is 14.9 Å². The lowest BCUT2D eigenvalue weighted by molar-refractivity contribution is 0.416. The maximum atomic E-state index is 5.49. The number of rotatable bonds is 4. The van der Waals surface area contributed by atoms with Gasteiger partial charge >= 0.3 is 0 Å². The second kappa shape index (κ2) is 7.57. The molecule has 146 valence electrons. The van der Waals surface area contributed by atoms with E-state index in [4.69, 9.17) is 22.1 Å². The van der Waals surface area contributed by atoms with Crippen molar-refractivity contribution in [1.82, 2.24) is 14.9 Å². The topological polar surface area (TPSA) is 55.2 Å². The summed E-state index contributed by atoms with van der Waals surface area (Å²) in [4.78, 5) is 0. The predicted octanol–water partition coefficient (Wildman–Crippen LogP) is 5.80. The Labute approximate surface area is 178 Å². The van der Waals surface area contributed by atoms with Crippen LogP contribution in [0.3, 0.4) is 0 Å². The van der Waals surface area contributed by atoms with E-state index < -0.39 is 0 Å². The fourth-order valence-corrected chi connectivity index (χ4v) is 3.89. The summed E-state index contributed by atoms with van der Waals surface area (Å²) in [6, 6.07) is 26.5. The molecule has 0 aliphatic heterocycles. The highest BCUT2D eigenvalue weighted by atomic mass is 32.1. The van der Waals surface area contributed by atoms with Crippen molar-refractivity contribution in [2.24, 2.45) is 5.10 Å². The second-order valence-corrected chi connectivity index (χ2v) is 7.23. The molecule has 0 saturated carbocycles. The lowest BCUT2D eigenvalue weighted by Crippen LogP contribution is -1.98. The Kier molecular flexibility index (Phi) is 4.61. The van der Waals surface area contributed by atoms with Crippen molar-refractivity contribution in [2.75, 3.05) is 7.11 Å². The average molecular weight is 411 g/mol. The number of hydrogen-bond acceptors (Lipinski definition) is 4. The standard InChI is InChI=1S/C24H18N4OS/c1-29-22-13-7-6-12-20(22)23-26-27-24(30)28(23)25-15-21-18-10-4-2-8-16(18)14-17-9-3-5-11-19(17)21/h2-15H,1H3,(H,27,30)/b25-15+. The molecule has 5 aromatic rings. The van der Waals surface area contributed by atoms with Crippen molar-refractivity contribution in [3.05, 3.63) is 89.2 Å². The lowest BCUT2D eigenvalue weighted by atomic mass is 9.97. The molecular weight excluding hydrogens is 392 g/mol. The molecule has 30 heavy (non-hydrogen) atoms. The summed E-state index contributed by atoms with van der Waals surface area (Å²) < 4.78 is 7.53. The van der Waals surface area contributed by atoms with Gasteiger partial charge in [-0.1, -0.05) is 60.7 Å². The van der Waals surface area contributed by atoms with Gasteiger partial charge in [-0.25, -0.2) is 5.10 Å². The van der Waals surface area contributed by atoms with E-state index in [0.29, 0.717) is 16.3 Å². The van der Waals surface area contributed by atoms with Crippen molar-refractivity contribution >= 4 is 40.0 Å². The number of aromatic amines is 1. The van der Waals surface area contributed by atoms with Gasteiger partial charge in [0.05, 0.1) is 18.9 Å². The molecule has 0 unspecified atom stereocenters. The van der Waals surface area contributed by atoms with Crippen LogP contribution in [-0.2, 0) is 0 Å². The third-order valence-corrected chi connectivity index (χ3v) is 5.38. The normalized spacial score (nSPS) is 11.5. The van der Waals surface area contributed by atoms with Crippen molar-refractivity contribution < 1.29 is 4.74 Å². The Morgan fingerprint density at radius 3 is 2.27 bits per heavy atom. The highest BCUT2D eigenvalue weighted by Crippen LogP contribution is 2.29. The van der Waals surface area contributed by atoms with E-state index in [1.807, 2.05) is 54.7 Å². The first-order valence-corrected chi connectivity index (χ1v) is 9.93. The Hall–Kier alpha value is -3.77. The predicted molar refractivity (Wildman–Crippen MR) is 124 cm³/mol. The Balaban J connectivity index is 1.71. The number of para-hydroxylation sites is 1. The summed E-state index contributed by atoms with van der Waals surface area (Å²) in [5.74, 6) is 1.30. The number of H-pyrrole nitrogens is 1. The smallest absolute Gasteiger partial charge is 0.216 e. The largest absolute Gasteiger partial charge is 0.496 e. The van der Waals surface area contributed by atoms with Gasteiger partial charge in [0.25, 0.3) is 0 Å². The highest BCUT2D eigenvalue weighted by molar-refractivity contribution is 7.71. The number of nitrogens with zero attached hydrogens (tertiary/aromatic N) is 3. The fourth-order valence-electron chi connectivity index (χ4n) is 3.71. The molecule has 1 aromatic heterocycles. The molecule has 0 bridgehead atoms. The first kappa shape index (κ1) is 18.3. The highest BCUT2D eigenvalue weighted by Gasteiger charge is 2.13. The van der Waals surface area contributed by atoms with E-state index in [-0.39, 0.29) is 0 Å². The minimum absolute atomic E-state index is 0.414. The van der Waals surface area contributed by atoms with Crippen LogP contribution in [0.25, 0.3) is 32.9 Å². The lowest BCUT2D eigenvalue weighted by Gasteiger charge is -2.09. The van der Waals surface area contributed by atoms with Crippen LogP contribution in [-0.4, -0.2) is 28.2 Å². The monoisotopic (exact) mass is 410 g/mol. The fraction of sp³-hybridized carbons (Fsp3) is 0.0417. The molecule has 1 heterocycles. The van der Waals surface area contributed by atoms with Crippen LogP contribution in [0.4, 0.5) is 0 Å². The zero-order chi connectivity index (χ0) is 20.5. The van der Waals surface area contributed by atoms with Crippen LogP contribution >= 0.6 is 12.2 Å². The summed E-state index contributed by atoms with van der Waals surface area (Å²) in [5, 5.41) is 16.6. The quantitative estimate of drug-likeness (QED) is 0.231. The first-order valence-electron chi connectivity index (χ1n) is 9.52. The van der Waals surface area contributed by atoms with Gasteiger partial charge in [0, 0.05) is 5.56 Å². The number of nitrogens with one attached hydrogen (secondary N) is 1. The van der Waals surface area contributed by atoms with E-state index in [0.717, 1.165) is 21.9 Å². The zero-order valence-electron chi connectivity index (χ0n) is 16.2. The minimum Gasteiger partial charge on any atom is -0.496 e. The summed E-state index contributed by atoms with van der Waals surface area (Å²) >= 11 is 5.45. The van der Waals surface area contributed by atoms with Crippen molar-refractivity contribution in [3.63, 3.8) is 0 Å². The van der Waals surface area contributed by atoms with Crippen molar-refractivity contribution in [1.29, 1.82) is 0 Å². The summed E-state index contributed by atoms with van der Waals surface area (Å²) in [6.07, 6.45) is 1.86. The van der Waals surface area contributed by atoms with E-state index in [1.165, 1.54) is 10.8 Å². The van der Waals surface area contributed by atoms with Crippen LogP contribution in [0.5, 0.6) is 5.75 Å². The van der Waals surface area contributed by atoms with Crippen molar-refractivity contribution in [3.8, 4) is 17.1 Å². The number of methoxy groups -OCH3 is 1. The Morgan fingerprint density at radius 2 is 1.57 bits per heavy atom. The molecule has 0 saturated heterocycles. The summed E-state index contributed by atoms with van der Waals surface area (Å²) in [6.45, 7) is 0. The van der Waals surface area contributed by atoms with E-state index >= 15 is 0 Å². The summed E-state index contributed by atoms with van der Waals surface area (Å²) in [5.41, 5.74) is 1.85. The van der Waals surface area contributed by atoms with Crippen LogP contribution in [0.2, 0.25) is 0 Å². The molecular formula is C24H18N4OS. The number of fused-ring (bicyclic) bond motifs is 2. The van der Waals surface area contributed by atoms with Gasteiger partial charge in [0.2, 0.25) is 4.77 Å². The molecule has 1 N–H and O–H groups in total. The van der Waals surface area contributed by atoms with Gasteiger partial charge < -0.3 is 4.74 Å². The van der Waals surface area contributed by atoms with Gasteiger partial charge in [-0.05, 0) is 52.0 Å². The number of hydrogen-bond donors (Lipinski definition) is 1. The van der Waals surface area contributed by atoms with Gasteiger partial charge in [-0.15, -0.1) is 0 Å². The van der Waals surface area contributed by atoms with Gasteiger partial charge in [-0.3, -0.25) is 0 Å². The first-order chi connectivity index (χ1) is 14.8. The summed E-state index contributed by atoms with van der Waals surface area (Å²) in [7, 11) is 1.63. The number of benzene rings is 4. The third-order valence-electron chi connectivity index (χ3n) is 5.11. The molecule has 0 radical (unpaired) electrons. The minimum atomic E-state index is 0.414. The molecule has 0 aliphatic carbocycles. The molecule has 5 nitrogen and oxygen atoms in total. The van der Waals surface area contributed by atoms with Gasteiger partial charge in [0.1, 0.15) is 5.75 Å². The van der Waals surface area contributed by atoms with Crippen molar-refractivity contribution in [2.45, 2.75) is 0 Å². The molecule has 5 rings (SSSR count).